The smallest absolute Gasteiger partial charge is 0.326 e. The summed E-state index contributed by atoms with van der Waals surface area (Å²) in [6, 6.07) is -0.724. The minimum Gasteiger partial charge on any atom is -0.463 e. The van der Waals surface area contributed by atoms with Crippen molar-refractivity contribution < 1.29 is 42.9 Å². The minimum absolute atomic E-state index is 0.0280. The van der Waals surface area contributed by atoms with Crippen LogP contribution in [-0.2, 0) is 38.1 Å². The van der Waals surface area contributed by atoms with E-state index in [1.165, 1.54) is 11.8 Å². The monoisotopic (exact) mass is 372 g/mol. The lowest BCUT2D eigenvalue weighted by Gasteiger charge is -2.34. The highest BCUT2D eigenvalue weighted by atomic mass is 16.7. The van der Waals surface area contributed by atoms with Gasteiger partial charge in [0.05, 0.1) is 0 Å². The molecule has 0 radical (unpaired) electrons. The second kappa shape index (κ2) is 8.13. The normalized spacial score (nSPS) is 28.3. The van der Waals surface area contributed by atoms with E-state index in [4.69, 9.17) is 18.9 Å². The lowest BCUT2D eigenvalue weighted by molar-refractivity contribution is -0.167. The number of hydrogen-bond acceptors (Lipinski definition) is 9. The fourth-order valence-corrected chi connectivity index (χ4v) is 2.76. The van der Waals surface area contributed by atoms with E-state index < -0.39 is 54.4 Å². The van der Waals surface area contributed by atoms with E-state index in [1.54, 1.807) is 0 Å². The molecule has 0 aromatic rings. The summed E-state index contributed by atoms with van der Waals surface area (Å²) in [5, 5.41) is 2.14. The zero-order chi connectivity index (χ0) is 19.4. The molecule has 0 aromatic carbocycles. The van der Waals surface area contributed by atoms with E-state index in [0.717, 1.165) is 13.8 Å². The quantitative estimate of drug-likeness (QED) is 0.479. The number of urea groups is 1. The van der Waals surface area contributed by atoms with E-state index >= 15 is 0 Å². The number of imide groups is 1. The van der Waals surface area contributed by atoms with Crippen LogP contribution in [0.3, 0.4) is 0 Å². The Kier molecular flexibility index (Phi) is 6.14. The van der Waals surface area contributed by atoms with Crippen molar-refractivity contribution in [1.82, 2.24) is 10.2 Å². The average Bonchev–Trinajstić information content (AvgIpc) is 2.82. The van der Waals surface area contributed by atoms with Gasteiger partial charge in [0.1, 0.15) is 12.7 Å². The molecule has 0 spiro atoms. The summed E-state index contributed by atoms with van der Waals surface area (Å²) in [6.07, 6.45) is -4.27. The van der Waals surface area contributed by atoms with Gasteiger partial charge in [0.2, 0.25) is 5.91 Å². The highest BCUT2D eigenvalue weighted by Gasteiger charge is 2.53. The van der Waals surface area contributed by atoms with Crippen molar-refractivity contribution in [1.29, 1.82) is 0 Å². The molecule has 2 aliphatic heterocycles. The van der Waals surface area contributed by atoms with E-state index in [2.05, 4.69) is 5.32 Å². The minimum atomic E-state index is -1.14. The molecule has 1 N–H and O–H groups in total. The number of nitrogens with zero attached hydrogens (tertiary/aromatic N) is 1. The summed E-state index contributed by atoms with van der Waals surface area (Å²) in [7, 11) is 0. The fourth-order valence-electron chi connectivity index (χ4n) is 2.76. The van der Waals surface area contributed by atoms with Gasteiger partial charge in [0.25, 0.3) is 0 Å². The van der Waals surface area contributed by atoms with Crippen molar-refractivity contribution >= 4 is 29.8 Å². The Labute approximate surface area is 148 Å². The Bertz CT molecular complexity index is 620. The maximum atomic E-state index is 12.1. The molecule has 0 aromatic heterocycles. The molecule has 0 bridgehead atoms. The maximum Gasteiger partial charge on any atom is 0.326 e. The van der Waals surface area contributed by atoms with E-state index in [1.807, 2.05) is 0 Å². The van der Waals surface area contributed by atoms with Crippen LogP contribution in [0.4, 0.5) is 4.79 Å². The van der Waals surface area contributed by atoms with E-state index in [-0.39, 0.29) is 19.6 Å². The third kappa shape index (κ3) is 4.69. The molecule has 4 unspecified atom stereocenters. The molecule has 144 valence electrons. The van der Waals surface area contributed by atoms with Crippen molar-refractivity contribution in [3.8, 4) is 0 Å². The van der Waals surface area contributed by atoms with Crippen LogP contribution in [0.1, 0.15) is 27.2 Å². The van der Waals surface area contributed by atoms with Gasteiger partial charge >= 0.3 is 23.9 Å². The molecule has 0 aliphatic carbocycles. The largest absolute Gasteiger partial charge is 0.463 e. The van der Waals surface area contributed by atoms with E-state index in [9.17, 15) is 24.0 Å². The molecule has 3 amide bonds. The molecular weight excluding hydrogens is 352 g/mol. The van der Waals surface area contributed by atoms with Crippen LogP contribution >= 0.6 is 0 Å². The summed E-state index contributed by atoms with van der Waals surface area (Å²) in [5.74, 6) is -2.37. The van der Waals surface area contributed by atoms with Gasteiger partial charge in [0.15, 0.2) is 18.4 Å². The standard InChI is InChI=1S/C15H20N2O9/c1-7(18)23-6-10-12(24-8(2)19)13(25-9(3)20)14(26-10)17-5-4-11(21)16-15(17)22/h10,12-14H,4-6H2,1-3H3,(H,16,21,22). The second-order valence-electron chi connectivity index (χ2n) is 5.81. The number of carbonyl (C=O) groups excluding carboxylic acids is 5. The van der Waals surface area contributed by atoms with Crippen LogP contribution in [0.5, 0.6) is 0 Å². The predicted octanol–water partition coefficient (Wildman–Crippen LogP) is -0.920. The highest BCUT2D eigenvalue weighted by molar-refractivity contribution is 5.96. The first-order valence-corrected chi connectivity index (χ1v) is 7.92. The number of nitrogens with one attached hydrogen (secondary N) is 1. The summed E-state index contributed by atoms with van der Waals surface area (Å²) < 4.78 is 21.0. The van der Waals surface area contributed by atoms with Gasteiger partial charge in [-0.2, -0.15) is 0 Å². The van der Waals surface area contributed by atoms with Crippen LogP contribution in [0.15, 0.2) is 0 Å². The van der Waals surface area contributed by atoms with Crippen molar-refractivity contribution in [3.63, 3.8) is 0 Å². The molecule has 11 heteroatoms. The van der Waals surface area contributed by atoms with Gasteiger partial charge in [-0.25, -0.2) is 4.79 Å². The Morgan fingerprint density at radius 1 is 1.08 bits per heavy atom. The predicted molar refractivity (Wildman–Crippen MR) is 81.3 cm³/mol. The molecule has 2 heterocycles. The SMILES string of the molecule is CC(=O)OCC1OC(N2CCC(=O)NC2=O)C(OC(C)=O)C1OC(C)=O. The third-order valence-corrected chi connectivity index (χ3v) is 3.73. The highest BCUT2D eigenvalue weighted by Crippen LogP contribution is 2.30. The lowest BCUT2D eigenvalue weighted by atomic mass is 10.1. The zero-order valence-corrected chi connectivity index (χ0v) is 14.6. The van der Waals surface area contributed by atoms with Crippen molar-refractivity contribution in [2.24, 2.45) is 0 Å². The van der Waals surface area contributed by atoms with Crippen LogP contribution in [0, 0.1) is 0 Å². The summed E-state index contributed by atoms with van der Waals surface area (Å²) in [4.78, 5) is 58.6. The molecule has 2 aliphatic rings. The van der Waals surface area contributed by atoms with Crippen molar-refractivity contribution in [2.75, 3.05) is 13.2 Å². The summed E-state index contributed by atoms with van der Waals surface area (Å²) in [5.41, 5.74) is 0. The molecule has 2 fully saturated rings. The summed E-state index contributed by atoms with van der Waals surface area (Å²) >= 11 is 0. The first-order valence-electron chi connectivity index (χ1n) is 7.92. The average molecular weight is 372 g/mol. The first kappa shape index (κ1) is 19.6. The van der Waals surface area contributed by atoms with Gasteiger partial charge < -0.3 is 18.9 Å². The van der Waals surface area contributed by atoms with Crippen molar-refractivity contribution in [3.05, 3.63) is 0 Å². The molecule has 2 saturated heterocycles. The van der Waals surface area contributed by atoms with E-state index in [0.29, 0.717) is 0 Å². The number of hydrogen-bond donors (Lipinski definition) is 1. The zero-order valence-electron chi connectivity index (χ0n) is 14.6. The van der Waals surface area contributed by atoms with Crippen LogP contribution in [0.25, 0.3) is 0 Å². The van der Waals surface area contributed by atoms with Gasteiger partial charge in [-0.05, 0) is 0 Å². The van der Waals surface area contributed by atoms with Crippen LogP contribution < -0.4 is 5.32 Å². The Morgan fingerprint density at radius 2 is 1.69 bits per heavy atom. The lowest BCUT2D eigenvalue weighted by Crippen LogP contribution is -2.57. The maximum absolute atomic E-state index is 12.1. The Morgan fingerprint density at radius 3 is 2.23 bits per heavy atom. The van der Waals surface area contributed by atoms with Gasteiger partial charge in [-0.1, -0.05) is 0 Å². The summed E-state index contributed by atoms with van der Waals surface area (Å²) in [6.45, 7) is 3.27. The van der Waals surface area contributed by atoms with Gasteiger partial charge in [-0.15, -0.1) is 0 Å². The fraction of sp³-hybridized carbons (Fsp3) is 0.667. The number of esters is 3. The van der Waals surface area contributed by atoms with Crippen molar-refractivity contribution in [2.45, 2.75) is 51.7 Å². The topological polar surface area (TPSA) is 138 Å². The van der Waals surface area contributed by atoms with Gasteiger partial charge in [-0.3, -0.25) is 29.4 Å². The third-order valence-electron chi connectivity index (χ3n) is 3.73. The second-order valence-corrected chi connectivity index (χ2v) is 5.81. The van der Waals surface area contributed by atoms with Crippen LogP contribution in [-0.4, -0.2) is 72.4 Å². The Hall–Kier alpha value is -2.69. The molecule has 4 atom stereocenters. The number of amides is 3. The number of ether oxygens (including phenoxy) is 4. The van der Waals surface area contributed by atoms with Gasteiger partial charge in [0, 0.05) is 33.7 Å². The molecule has 26 heavy (non-hydrogen) atoms. The van der Waals surface area contributed by atoms with Crippen LogP contribution in [0.2, 0.25) is 0 Å². The number of carbonyl (C=O) groups is 5. The molecule has 11 nitrogen and oxygen atoms in total. The first-order chi connectivity index (χ1) is 12.2. The molecular formula is C15H20N2O9. The Balaban J connectivity index is 2.27. The number of rotatable bonds is 5. The molecule has 0 saturated carbocycles. The molecule has 2 rings (SSSR count).